The third-order valence-corrected chi connectivity index (χ3v) is 4.48. The summed E-state index contributed by atoms with van der Waals surface area (Å²) in [7, 11) is 0. The second kappa shape index (κ2) is 5.07. The van der Waals surface area contributed by atoms with Crippen molar-refractivity contribution in [1.29, 1.82) is 0 Å². The molecule has 2 N–H and O–H groups in total. The van der Waals surface area contributed by atoms with Crippen molar-refractivity contribution >= 4 is 41.5 Å². The molecule has 2 bridgehead atoms. The maximum atomic E-state index is 11.6. The van der Waals surface area contributed by atoms with E-state index in [4.69, 9.17) is 15.0 Å². The Morgan fingerprint density at radius 2 is 1.75 bits per heavy atom. The molecule has 2 aliphatic rings. The number of hydrogen-bond donors (Lipinski definition) is 2. The zero-order chi connectivity index (χ0) is 11.9. The Hall–Kier alpha value is -0.0600. The fourth-order valence-electron chi connectivity index (χ4n) is 2.90. The van der Waals surface area contributed by atoms with Crippen molar-refractivity contribution in [2.75, 3.05) is 0 Å². The molecule has 16 heavy (non-hydrogen) atoms. The summed E-state index contributed by atoms with van der Waals surface area (Å²) >= 11 is 0. The summed E-state index contributed by atoms with van der Waals surface area (Å²) in [6.07, 6.45) is 1.42. The molecule has 0 aliphatic heterocycles. The normalized spacial score (nSPS) is 33.7. The Labute approximate surface area is 118 Å². The van der Waals surface area contributed by atoms with Crippen LogP contribution >= 0.6 is 0 Å². The predicted octanol–water partition coefficient (Wildman–Crippen LogP) is 1.98. The van der Waals surface area contributed by atoms with Crippen molar-refractivity contribution in [2.45, 2.75) is 40.0 Å². The molecule has 2 fully saturated rings. The molecule has 0 aromatic carbocycles. The molecule has 2 saturated carbocycles. The Bertz CT molecular complexity index is 296. The van der Waals surface area contributed by atoms with Gasteiger partial charge in [0.05, 0.1) is 0 Å². The number of Topliss-reactive ketones (excluding diaryl/α,β-unsaturated/α-hetero) is 1. The first-order valence-corrected chi connectivity index (χ1v) is 5.17. The second-order valence-corrected chi connectivity index (χ2v) is 5.20. The van der Waals surface area contributed by atoms with Crippen molar-refractivity contribution in [1.82, 2.24) is 0 Å². The molecule has 0 radical (unpaired) electrons. The summed E-state index contributed by atoms with van der Waals surface area (Å²) in [6, 6.07) is 0. The number of fused-ring (bicyclic) bond motifs is 2. The molecular formula is C11H19NaO4. The fourth-order valence-corrected chi connectivity index (χ4v) is 2.90. The minimum atomic E-state index is -1.83. The first-order valence-electron chi connectivity index (χ1n) is 5.17. The zero-order valence-corrected chi connectivity index (χ0v) is 9.41. The monoisotopic (exact) mass is 238 g/mol. The van der Waals surface area contributed by atoms with E-state index in [1.165, 1.54) is 6.42 Å². The molecule has 0 aromatic rings. The summed E-state index contributed by atoms with van der Waals surface area (Å²) in [5.74, 6) is 1.19. The van der Waals surface area contributed by atoms with E-state index < -0.39 is 6.16 Å². The van der Waals surface area contributed by atoms with Gasteiger partial charge in [0.15, 0.2) is 0 Å². The fraction of sp³-hybridized carbons (Fsp3) is 0.818. The van der Waals surface area contributed by atoms with Gasteiger partial charge < -0.3 is 10.2 Å². The van der Waals surface area contributed by atoms with Crippen molar-refractivity contribution in [3.05, 3.63) is 0 Å². The molecule has 0 amide bonds. The van der Waals surface area contributed by atoms with Crippen LogP contribution in [0, 0.1) is 16.7 Å². The van der Waals surface area contributed by atoms with E-state index >= 15 is 0 Å². The van der Waals surface area contributed by atoms with Crippen LogP contribution in [0.15, 0.2) is 0 Å². The number of carbonyl (C=O) groups excluding carboxylic acids is 1. The molecule has 2 atom stereocenters. The van der Waals surface area contributed by atoms with Crippen molar-refractivity contribution in [2.24, 2.45) is 16.7 Å². The molecule has 2 rings (SSSR count). The van der Waals surface area contributed by atoms with Crippen molar-refractivity contribution < 1.29 is 19.8 Å². The Kier molecular flexibility index (Phi) is 5.05. The Morgan fingerprint density at radius 1 is 1.31 bits per heavy atom. The van der Waals surface area contributed by atoms with Gasteiger partial charge in [-0.15, -0.1) is 0 Å². The van der Waals surface area contributed by atoms with Crippen LogP contribution < -0.4 is 0 Å². The first-order chi connectivity index (χ1) is 6.72. The van der Waals surface area contributed by atoms with Gasteiger partial charge in [0.2, 0.25) is 0 Å². The number of carboxylic acid groups (broad SMARTS) is 2. The van der Waals surface area contributed by atoms with Gasteiger partial charge in [-0.1, -0.05) is 20.8 Å². The Balaban J connectivity index is 0.000000397. The molecule has 0 heterocycles. The van der Waals surface area contributed by atoms with Gasteiger partial charge in [0, 0.05) is 11.8 Å². The van der Waals surface area contributed by atoms with Gasteiger partial charge >= 0.3 is 35.7 Å². The summed E-state index contributed by atoms with van der Waals surface area (Å²) in [5, 5.41) is 13.9. The van der Waals surface area contributed by atoms with Gasteiger partial charge in [-0.2, -0.15) is 0 Å². The van der Waals surface area contributed by atoms with E-state index in [1.807, 2.05) is 0 Å². The second-order valence-electron chi connectivity index (χ2n) is 5.20. The van der Waals surface area contributed by atoms with Gasteiger partial charge in [0.1, 0.15) is 5.78 Å². The van der Waals surface area contributed by atoms with Crippen LogP contribution in [0.4, 0.5) is 4.79 Å². The summed E-state index contributed by atoms with van der Waals surface area (Å²) in [6.45, 7) is 6.67. The topological polar surface area (TPSA) is 74.6 Å². The van der Waals surface area contributed by atoms with Crippen LogP contribution in [0.2, 0.25) is 0 Å². The van der Waals surface area contributed by atoms with Crippen LogP contribution in [0.5, 0.6) is 0 Å². The maximum absolute atomic E-state index is 11.6. The molecular weight excluding hydrogens is 219 g/mol. The van der Waals surface area contributed by atoms with E-state index in [1.54, 1.807) is 0 Å². The quantitative estimate of drug-likeness (QED) is 0.633. The minimum absolute atomic E-state index is 0. The predicted molar refractivity (Wildman–Crippen MR) is 62.0 cm³/mol. The van der Waals surface area contributed by atoms with Crippen LogP contribution in [-0.2, 0) is 4.79 Å². The van der Waals surface area contributed by atoms with Crippen molar-refractivity contribution in [3.8, 4) is 0 Å². The molecule has 4 nitrogen and oxygen atoms in total. The van der Waals surface area contributed by atoms with Crippen LogP contribution in [0.1, 0.15) is 40.0 Å². The van der Waals surface area contributed by atoms with Crippen LogP contribution in [0.25, 0.3) is 0 Å². The average molecular weight is 238 g/mol. The van der Waals surface area contributed by atoms with Gasteiger partial charge in [-0.3, -0.25) is 4.79 Å². The van der Waals surface area contributed by atoms with Crippen LogP contribution in [0.3, 0.4) is 0 Å². The number of hydrogen-bond acceptors (Lipinski definition) is 2. The summed E-state index contributed by atoms with van der Waals surface area (Å²) < 4.78 is 0. The molecule has 88 valence electrons. The van der Waals surface area contributed by atoms with Crippen LogP contribution in [-0.4, -0.2) is 51.7 Å². The first kappa shape index (κ1) is 15.9. The van der Waals surface area contributed by atoms with Crippen molar-refractivity contribution in [3.63, 3.8) is 0 Å². The standard InChI is InChI=1S/C10H16O.CH2O3.Na.H/c1-9(2)7-4-5-10(9,3)8(11)6-7;2-1(3)4;;/h7H,4-6H2,1-3H3;(H2,2,3,4);;/t7-,10+;;;/m1.../s1. The number of ketones is 1. The van der Waals surface area contributed by atoms with E-state index in [-0.39, 0.29) is 40.4 Å². The molecule has 0 saturated heterocycles. The summed E-state index contributed by atoms with van der Waals surface area (Å²) in [5.41, 5.74) is 0.307. The molecule has 0 unspecified atom stereocenters. The van der Waals surface area contributed by atoms with E-state index in [9.17, 15) is 4.79 Å². The average Bonchev–Trinajstić information content (AvgIpc) is 2.36. The van der Waals surface area contributed by atoms with E-state index in [2.05, 4.69) is 20.8 Å². The zero-order valence-electron chi connectivity index (χ0n) is 9.41. The van der Waals surface area contributed by atoms with Gasteiger partial charge in [-0.25, -0.2) is 4.79 Å². The third kappa shape index (κ3) is 2.44. The molecule has 2 aliphatic carbocycles. The Morgan fingerprint density at radius 3 is 1.88 bits per heavy atom. The number of carbonyl (C=O) groups is 2. The third-order valence-electron chi connectivity index (χ3n) is 4.48. The van der Waals surface area contributed by atoms with Gasteiger partial charge in [-0.05, 0) is 24.2 Å². The molecule has 5 heteroatoms. The number of rotatable bonds is 0. The van der Waals surface area contributed by atoms with Gasteiger partial charge in [0.25, 0.3) is 0 Å². The molecule has 0 aromatic heterocycles. The SMILES string of the molecule is CC1(C)[C@@H]2CC[C@@]1(C)C(=O)C2.O=C(O)O.[NaH]. The molecule has 0 spiro atoms. The van der Waals surface area contributed by atoms with E-state index in [0.29, 0.717) is 11.7 Å². The van der Waals surface area contributed by atoms with E-state index in [0.717, 1.165) is 12.8 Å². The summed E-state index contributed by atoms with van der Waals surface area (Å²) in [4.78, 5) is 20.1.